The van der Waals surface area contributed by atoms with Gasteiger partial charge in [0.2, 0.25) is 17.7 Å². The largest absolute Gasteiger partial charge is 0.394 e. The van der Waals surface area contributed by atoms with Gasteiger partial charge in [-0.3, -0.25) is 14.4 Å². The first-order chi connectivity index (χ1) is 10.2. The number of nitrogens with zero attached hydrogens (tertiary/aromatic N) is 2. The summed E-state index contributed by atoms with van der Waals surface area (Å²) in [5.74, 6) is -1.41. The number of aliphatic hydroxyl groups is 1. The number of primary amides is 1. The predicted octanol–water partition coefficient (Wildman–Crippen LogP) is -0.0358. The number of carbonyl (C=O) groups excluding carboxylic acids is 3. The Bertz CT molecular complexity index is 400. The van der Waals surface area contributed by atoms with Crippen LogP contribution in [0.3, 0.4) is 0 Å². The lowest BCUT2D eigenvalue weighted by atomic mass is 9.96. The summed E-state index contributed by atoms with van der Waals surface area (Å²) in [6.07, 6.45) is 1.64. The number of nitrogens with two attached hydrogens (primary N) is 1. The highest BCUT2D eigenvalue weighted by Gasteiger charge is 2.35. The van der Waals surface area contributed by atoms with Crippen molar-refractivity contribution in [2.75, 3.05) is 20.7 Å². The van der Waals surface area contributed by atoms with Crippen molar-refractivity contribution in [3.05, 3.63) is 0 Å². The van der Waals surface area contributed by atoms with Crippen molar-refractivity contribution in [3.8, 4) is 0 Å². The fraction of sp³-hybridized carbons (Fsp3) is 0.800. The summed E-state index contributed by atoms with van der Waals surface area (Å²) in [4.78, 5) is 38.6. The van der Waals surface area contributed by atoms with Gasteiger partial charge in [-0.25, -0.2) is 0 Å². The molecule has 7 nitrogen and oxygen atoms in total. The number of aliphatic hydroxyl groups excluding tert-OH is 1. The molecule has 0 saturated carbocycles. The second-order valence-corrected chi connectivity index (χ2v) is 5.63. The first-order valence-corrected chi connectivity index (χ1v) is 7.65. The molecule has 3 amide bonds. The summed E-state index contributed by atoms with van der Waals surface area (Å²) in [5.41, 5.74) is 5.40. The van der Waals surface area contributed by atoms with E-state index in [1.54, 1.807) is 0 Å². The van der Waals surface area contributed by atoms with E-state index in [0.717, 1.165) is 0 Å². The van der Waals surface area contributed by atoms with Gasteiger partial charge in [0, 0.05) is 20.5 Å². The topological polar surface area (TPSA) is 104 Å². The molecule has 1 unspecified atom stereocenters. The molecular formula is C15H29N3O4. The molecule has 3 atom stereocenters. The van der Waals surface area contributed by atoms with Crippen LogP contribution in [0, 0.1) is 5.92 Å². The molecule has 3 N–H and O–H groups in total. The molecule has 128 valence electrons. The van der Waals surface area contributed by atoms with Gasteiger partial charge in [0.05, 0.1) is 6.61 Å². The van der Waals surface area contributed by atoms with Crippen LogP contribution in [-0.4, -0.2) is 65.4 Å². The third-order valence-corrected chi connectivity index (χ3v) is 4.02. The van der Waals surface area contributed by atoms with Crippen molar-refractivity contribution in [1.82, 2.24) is 9.80 Å². The molecule has 0 spiro atoms. The van der Waals surface area contributed by atoms with Crippen molar-refractivity contribution in [2.24, 2.45) is 11.7 Å². The molecule has 0 aromatic carbocycles. The lowest BCUT2D eigenvalue weighted by Crippen LogP contribution is -2.56. The van der Waals surface area contributed by atoms with E-state index in [9.17, 15) is 19.5 Å². The van der Waals surface area contributed by atoms with Gasteiger partial charge in [0.15, 0.2) is 0 Å². The summed E-state index contributed by atoms with van der Waals surface area (Å²) in [6.45, 7) is 5.10. The number of hydrogen-bond donors (Lipinski definition) is 2. The molecule has 0 rings (SSSR count). The van der Waals surface area contributed by atoms with E-state index in [4.69, 9.17) is 5.73 Å². The fourth-order valence-electron chi connectivity index (χ4n) is 2.38. The third-order valence-electron chi connectivity index (χ3n) is 4.02. The van der Waals surface area contributed by atoms with Gasteiger partial charge in [-0.05, 0) is 12.3 Å². The summed E-state index contributed by atoms with van der Waals surface area (Å²) in [7, 11) is 2.96. The van der Waals surface area contributed by atoms with E-state index in [0.29, 0.717) is 19.3 Å². The van der Waals surface area contributed by atoms with E-state index < -0.39 is 30.5 Å². The normalized spacial score (nSPS) is 14.8. The Labute approximate surface area is 132 Å². The van der Waals surface area contributed by atoms with Gasteiger partial charge >= 0.3 is 0 Å². The highest BCUT2D eigenvalue weighted by molar-refractivity contribution is 5.91. The van der Waals surface area contributed by atoms with Gasteiger partial charge in [0.1, 0.15) is 12.1 Å². The monoisotopic (exact) mass is 315 g/mol. The zero-order chi connectivity index (χ0) is 17.4. The zero-order valence-electron chi connectivity index (χ0n) is 14.2. The van der Waals surface area contributed by atoms with Crippen LogP contribution in [0.15, 0.2) is 0 Å². The van der Waals surface area contributed by atoms with Crippen LogP contribution in [0.25, 0.3) is 0 Å². The number of carbonyl (C=O) groups is 3. The number of likely N-dealkylation sites (N-methyl/N-ethyl adjacent to an activating group) is 2. The Kier molecular flexibility index (Phi) is 8.70. The molecule has 0 bridgehead atoms. The maximum absolute atomic E-state index is 12.6. The summed E-state index contributed by atoms with van der Waals surface area (Å²) in [5, 5.41) is 9.49. The SMILES string of the molecule is CCCC(=O)N(C)[C@H](CO)C(=O)N(C)[C@H](C(N)=O)C(C)CC. The second-order valence-electron chi connectivity index (χ2n) is 5.63. The predicted molar refractivity (Wildman–Crippen MR) is 83.8 cm³/mol. The van der Waals surface area contributed by atoms with Crippen LogP contribution >= 0.6 is 0 Å². The number of rotatable bonds is 9. The van der Waals surface area contributed by atoms with Crippen molar-refractivity contribution in [3.63, 3.8) is 0 Å². The minimum Gasteiger partial charge on any atom is -0.394 e. The Hall–Kier alpha value is -1.63. The number of hydrogen-bond acceptors (Lipinski definition) is 4. The number of amides is 3. The van der Waals surface area contributed by atoms with Crippen LogP contribution in [0.4, 0.5) is 0 Å². The summed E-state index contributed by atoms with van der Waals surface area (Å²) >= 11 is 0. The minimum absolute atomic E-state index is 0.109. The molecule has 0 aliphatic heterocycles. The van der Waals surface area contributed by atoms with Gasteiger partial charge in [-0.15, -0.1) is 0 Å². The van der Waals surface area contributed by atoms with Crippen molar-refractivity contribution >= 4 is 17.7 Å². The molecule has 22 heavy (non-hydrogen) atoms. The molecular weight excluding hydrogens is 286 g/mol. The van der Waals surface area contributed by atoms with Crippen LogP contribution in [0.5, 0.6) is 0 Å². The highest BCUT2D eigenvalue weighted by Crippen LogP contribution is 2.16. The van der Waals surface area contributed by atoms with Gasteiger partial charge < -0.3 is 20.6 Å². The average Bonchev–Trinajstić information content (AvgIpc) is 2.47. The molecule has 0 heterocycles. The molecule has 7 heteroatoms. The molecule has 0 radical (unpaired) electrons. The molecule has 0 aliphatic carbocycles. The Balaban J connectivity index is 5.23. The maximum atomic E-state index is 12.6. The van der Waals surface area contributed by atoms with Crippen molar-refractivity contribution in [2.45, 2.75) is 52.1 Å². The van der Waals surface area contributed by atoms with E-state index in [1.807, 2.05) is 20.8 Å². The fourth-order valence-corrected chi connectivity index (χ4v) is 2.38. The molecule has 0 aliphatic rings. The third kappa shape index (κ3) is 4.98. The summed E-state index contributed by atoms with van der Waals surface area (Å²) < 4.78 is 0. The van der Waals surface area contributed by atoms with E-state index in [-0.39, 0.29) is 11.8 Å². The average molecular weight is 315 g/mol. The lowest BCUT2D eigenvalue weighted by Gasteiger charge is -2.35. The molecule has 0 aromatic rings. The van der Waals surface area contributed by atoms with Gasteiger partial charge in [-0.2, -0.15) is 0 Å². The zero-order valence-corrected chi connectivity index (χ0v) is 14.2. The van der Waals surface area contributed by atoms with Gasteiger partial charge in [-0.1, -0.05) is 27.2 Å². The highest BCUT2D eigenvalue weighted by atomic mass is 16.3. The van der Waals surface area contributed by atoms with Crippen LogP contribution in [0.2, 0.25) is 0 Å². The Morgan fingerprint density at radius 3 is 2.05 bits per heavy atom. The van der Waals surface area contributed by atoms with Crippen molar-refractivity contribution in [1.29, 1.82) is 0 Å². The smallest absolute Gasteiger partial charge is 0.248 e. The second kappa shape index (κ2) is 9.40. The van der Waals surface area contributed by atoms with Crippen LogP contribution < -0.4 is 5.73 Å². The minimum atomic E-state index is -1.00. The van der Waals surface area contributed by atoms with Crippen LogP contribution in [0.1, 0.15) is 40.0 Å². The van der Waals surface area contributed by atoms with E-state index >= 15 is 0 Å². The van der Waals surface area contributed by atoms with E-state index in [1.165, 1.54) is 23.9 Å². The molecule has 0 fully saturated rings. The molecule has 0 saturated heterocycles. The quantitative estimate of drug-likeness (QED) is 0.623. The standard InChI is InChI=1S/C15H29N3O4/c1-6-8-12(20)17(4)11(9-19)15(22)18(5)13(14(16)21)10(3)7-2/h10-11,13,19H,6-9H2,1-5H3,(H2,16,21)/t10?,11-,13+/m1/s1. The van der Waals surface area contributed by atoms with Crippen LogP contribution in [-0.2, 0) is 14.4 Å². The first-order valence-electron chi connectivity index (χ1n) is 7.65. The lowest BCUT2D eigenvalue weighted by molar-refractivity contribution is -0.149. The molecule has 0 aromatic heterocycles. The Morgan fingerprint density at radius 1 is 1.14 bits per heavy atom. The van der Waals surface area contributed by atoms with E-state index in [2.05, 4.69) is 0 Å². The van der Waals surface area contributed by atoms with Gasteiger partial charge in [0.25, 0.3) is 0 Å². The first kappa shape index (κ1) is 20.4. The Morgan fingerprint density at radius 2 is 1.68 bits per heavy atom. The summed E-state index contributed by atoms with van der Waals surface area (Å²) in [6, 6.07) is -1.77. The van der Waals surface area contributed by atoms with Crippen molar-refractivity contribution < 1.29 is 19.5 Å². The maximum Gasteiger partial charge on any atom is 0.248 e.